The third-order valence-electron chi connectivity index (χ3n) is 5.29. The molecule has 0 aromatic carbocycles. The Balaban J connectivity index is 1.65. The maximum atomic E-state index is 6.28. The van der Waals surface area contributed by atoms with Gasteiger partial charge in [0.05, 0.1) is 11.2 Å². The van der Waals surface area contributed by atoms with E-state index in [0.717, 1.165) is 6.54 Å². The lowest BCUT2D eigenvalue weighted by atomic mass is 9.67. The van der Waals surface area contributed by atoms with Crippen molar-refractivity contribution in [3.63, 3.8) is 0 Å². The van der Waals surface area contributed by atoms with E-state index in [4.69, 9.17) is 9.31 Å². The normalized spacial score (nSPS) is 32.5. The molecule has 3 nitrogen and oxygen atoms in total. The molecular formula is C14H26BNO2S. The minimum atomic E-state index is -0.189. The molecule has 0 radical (unpaired) electrons. The van der Waals surface area contributed by atoms with E-state index in [9.17, 15) is 0 Å². The SMILES string of the molecule is CC1(C)OB(C2(CN3CCSCC3)CC2)OC1(C)C. The van der Waals surface area contributed by atoms with Crippen LogP contribution in [0.15, 0.2) is 0 Å². The van der Waals surface area contributed by atoms with E-state index in [-0.39, 0.29) is 23.6 Å². The highest BCUT2D eigenvalue weighted by atomic mass is 32.2. The van der Waals surface area contributed by atoms with Crippen molar-refractivity contribution in [1.29, 1.82) is 0 Å². The van der Waals surface area contributed by atoms with Gasteiger partial charge in [-0.15, -0.1) is 0 Å². The summed E-state index contributed by atoms with van der Waals surface area (Å²) in [6.45, 7) is 12.2. The van der Waals surface area contributed by atoms with Crippen LogP contribution in [0.2, 0.25) is 5.31 Å². The van der Waals surface area contributed by atoms with Crippen LogP contribution in [0.1, 0.15) is 40.5 Å². The molecule has 0 spiro atoms. The van der Waals surface area contributed by atoms with Crippen molar-refractivity contribution in [1.82, 2.24) is 4.90 Å². The summed E-state index contributed by atoms with van der Waals surface area (Å²) >= 11 is 2.07. The fourth-order valence-electron chi connectivity index (χ4n) is 2.93. The average molecular weight is 283 g/mol. The zero-order chi connectivity index (χ0) is 13.7. The van der Waals surface area contributed by atoms with E-state index in [2.05, 4.69) is 44.4 Å². The highest BCUT2D eigenvalue weighted by molar-refractivity contribution is 7.99. The van der Waals surface area contributed by atoms with E-state index >= 15 is 0 Å². The van der Waals surface area contributed by atoms with E-state index in [1.165, 1.54) is 37.4 Å². The topological polar surface area (TPSA) is 21.7 Å². The van der Waals surface area contributed by atoms with Gasteiger partial charge in [-0.3, -0.25) is 0 Å². The molecule has 3 rings (SSSR count). The Morgan fingerprint density at radius 1 is 1.00 bits per heavy atom. The van der Waals surface area contributed by atoms with Gasteiger partial charge in [0.2, 0.25) is 0 Å². The highest BCUT2D eigenvalue weighted by Gasteiger charge is 2.64. The summed E-state index contributed by atoms with van der Waals surface area (Å²) in [7, 11) is -0.00733. The Morgan fingerprint density at radius 2 is 1.53 bits per heavy atom. The lowest BCUT2D eigenvalue weighted by molar-refractivity contribution is 0.00578. The van der Waals surface area contributed by atoms with Crippen LogP contribution in [-0.4, -0.2) is 54.4 Å². The van der Waals surface area contributed by atoms with Crippen molar-refractivity contribution in [3.05, 3.63) is 0 Å². The van der Waals surface area contributed by atoms with E-state index in [1.54, 1.807) is 0 Å². The summed E-state index contributed by atoms with van der Waals surface area (Å²) in [6.07, 6.45) is 2.51. The van der Waals surface area contributed by atoms with Gasteiger partial charge in [0.25, 0.3) is 0 Å². The van der Waals surface area contributed by atoms with Crippen LogP contribution < -0.4 is 0 Å². The zero-order valence-electron chi connectivity index (χ0n) is 12.7. The fraction of sp³-hybridized carbons (Fsp3) is 1.00. The molecule has 0 aromatic heterocycles. The monoisotopic (exact) mass is 283 g/mol. The van der Waals surface area contributed by atoms with Crippen molar-refractivity contribution in [2.24, 2.45) is 0 Å². The average Bonchev–Trinajstić information content (AvgIpc) is 3.05. The van der Waals surface area contributed by atoms with Gasteiger partial charge in [0.1, 0.15) is 0 Å². The molecule has 2 saturated heterocycles. The molecule has 19 heavy (non-hydrogen) atoms. The van der Waals surface area contributed by atoms with Gasteiger partial charge in [0, 0.05) is 36.5 Å². The van der Waals surface area contributed by atoms with Gasteiger partial charge in [-0.2, -0.15) is 11.8 Å². The second-order valence-electron chi connectivity index (χ2n) is 7.34. The largest absolute Gasteiger partial charge is 0.465 e. The lowest BCUT2D eigenvalue weighted by Gasteiger charge is -2.32. The second-order valence-corrected chi connectivity index (χ2v) is 8.56. The number of hydrogen-bond donors (Lipinski definition) is 0. The Kier molecular flexibility index (Phi) is 3.49. The van der Waals surface area contributed by atoms with E-state index < -0.39 is 0 Å². The first kappa shape index (κ1) is 14.2. The van der Waals surface area contributed by atoms with Crippen LogP contribution in [-0.2, 0) is 9.31 Å². The third kappa shape index (κ3) is 2.59. The van der Waals surface area contributed by atoms with Gasteiger partial charge < -0.3 is 14.2 Å². The summed E-state index contributed by atoms with van der Waals surface area (Å²) in [4.78, 5) is 2.61. The standard InChI is InChI=1S/C14H26BNO2S/c1-12(2)13(3,4)18-15(17-12)14(5-6-14)11-16-7-9-19-10-8-16/h5-11H2,1-4H3. The maximum Gasteiger partial charge on any atom is 0.465 e. The van der Waals surface area contributed by atoms with Gasteiger partial charge in [-0.05, 0) is 40.5 Å². The molecule has 2 aliphatic heterocycles. The summed E-state index contributed by atoms with van der Waals surface area (Å²) in [5, 5.41) is 0.271. The summed E-state index contributed by atoms with van der Waals surface area (Å²) in [6, 6.07) is 0. The molecule has 0 unspecified atom stereocenters. The fourth-order valence-corrected chi connectivity index (χ4v) is 3.91. The molecule has 5 heteroatoms. The first-order valence-electron chi connectivity index (χ1n) is 7.51. The molecule has 2 heterocycles. The van der Waals surface area contributed by atoms with E-state index in [1.807, 2.05) is 0 Å². The number of nitrogens with zero attached hydrogens (tertiary/aromatic N) is 1. The van der Waals surface area contributed by atoms with Crippen LogP contribution in [0.4, 0.5) is 0 Å². The number of thioether (sulfide) groups is 1. The van der Waals surface area contributed by atoms with Crippen LogP contribution >= 0.6 is 11.8 Å². The summed E-state index contributed by atoms with van der Waals surface area (Å²) in [5.74, 6) is 2.55. The molecular weight excluding hydrogens is 257 g/mol. The number of rotatable bonds is 3. The van der Waals surface area contributed by atoms with Crippen molar-refractivity contribution >= 4 is 18.9 Å². The molecule has 0 aromatic rings. The van der Waals surface area contributed by atoms with Crippen LogP contribution in [0, 0.1) is 0 Å². The van der Waals surface area contributed by atoms with Crippen LogP contribution in [0.3, 0.4) is 0 Å². The minimum Gasteiger partial charge on any atom is -0.403 e. The Hall–Kier alpha value is 0.295. The summed E-state index contributed by atoms with van der Waals surface area (Å²) in [5.41, 5.74) is -0.379. The van der Waals surface area contributed by atoms with Gasteiger partial charge in [0.15, 0.2) is 0 Å². The van der Waals surface area contributed by atoms with Gasteiger partial charge in [-0.1, -0.05) is 0 Å². The van der Waals surface area contributed by atoms with Crippen LogP contribution in [0.5, 0.6) is 0 Å². The smallest absolute Gasteiger partial charge is 0.403 e. The molecule has 1 saturated carbocycles. The quantitative estimate of drug-likeness (QED) is 0.742. The Bertz CT molecular complexity index is 335. The predicted octanol–water partition coefficient (Wildman–Crippen LogP) is 2.66. The predicted molar refractivity (Wildman–Crippen MR) is 81.8 cm³/mol. The summed E-state index contributed by atoms with van der Waals surface area (Å²) < 4.78 is 12.6. The van der Waals surface area contributed by atoms with E-state index in [0.29, 0.717) is 0 Å². The Morgan fingerprint density at radius 3 is 2.00 bits per heavy atom. The maximum absolute atomic E-state index is 6.28. The van der Waals surface area contributed by atoms with Gasteiger partial charge in [-0.25, -0.2) is 0 Å². The molecule has 3 fully saturated rings. The molecule has 0 bridgehead atoms. The number of hydrogen-bond acceptors (Lipinski definition) is 4. The van der Waals surface area contributed by atoms with Crippen molar-refractivity contribution in [3.8, 4) is 0 Å². The lowest BCUT2D eigenvalue weighted by Crippen LogP contribution is -2.41. The second kappa shape index (κ2) is 4.65. The highest BCUT2D eigenvalue weighted by Crippen LogP contribution is 2.60. The van der Waals surface area contributed by atoms with Crippen molar-refractivity contribution < 1.29 is 9.31 Å². The third-order valence-corrected chi connectivity index (χ3v) is 6.23. The van der Waals surface area contributed by atoms with Crippen LogP contribution in [0.25, 0.3) is 0 Å². The first-order valence-corrected chi connectivity index (χ1v) is 8.66. The molecule has 0 amide bonds. The molecule has 0 atom stereocenters. The molecule has 0 N–H and O–H groups in total. The zero-order valence-corrected chi connectivity index (χ0v) is 13.5. The Labute approximate surface area is 121 Å². The first-order chi connectivity index (χ1) is 8.85. The molecule has 1 aliphatic carbocycles. The van der Waals surface area contributed by atoms with Gasteiger partial charge >= 0.3 is 7.12 Å². The van der Waals surface area contributed by atoms with Crippen molar-refractivity contribution in [2.75, 3.05) is 31.1 Å². The molecule has 108 valence electrons. The molecule has 3 aliphatic rings. The van der Waals surface area contributed by atoms with Crippen molar-refractivity contribution in [2.45, 2.75) is 57.1 Å². The minimum absolute atomic E-state index is 0.00733.